The molecule has 6 nitrogen and oxygen atoms in total. The van der Waals surface area contributed by atoms with Gasteiger partial charge < -0.3 is 10.0 Å². The highest BCUT2D eigenvalue weighted by Crippen LogP contribution is 2.47. The Morgan fingerprint density at radius 2 is 2.16 bits per heavy atom. The van der Waals surface area contributed by atoms with Crippen molar-refractivity contribution in [1.29, 1.82) is 5.26 Å². The van der Waals surface area contributed by atoms with Crippen LogP contribution in [0.3, 0.4) is 0 Å². The number of hydrogen-bond donors (Lipinski definition) is 1. The first kappa shape index (κ1) is 11.9. The molecule has 6 heteroatoms. The van der Waals surface area contributed by atoms with Gasteiger partial charge in [0, 0.05) is 13.1 Å². The molecule has 1 aromatic rings. The molecular weight excluding hydrogens is 246 g/mol. The van der Waals surface area contributed by atoms with Crippen molar-refractivity contribution in [3.05, 3.63) is 33.9 Å². The third kappa shape index (κ3) is 1.83. The molecule has 19 heavy (non-hydrogen) atoms. The van der Waals surface area contributed by atoms with Gasteiger partial charge in [0.2, 0.25) is 0 Å². The predicted octanol–water partition coefficient (Wildman–Crippen LogP) is 1.43. The molecule has 0 bridgehead atoms. The van der Waals surface area contributed by atoms with Gasteiger partial charge in [-0.25, -0.2) is 0 Å². The highest BCUT2D eigenvalue weighted by Gasteiger charge is 2.52. The lowest BCUT2D eigenvalue weighted by molar-refractivity contribution is -0.384. The van der Waals surface area contributed by atoms with Crippen molar-refractivity contribution < 1.29 is 10.0 Å². The minimum absolute atomic E-state index is 0.0596. The normalized spacial score (nSPS) is 20.5. The summed E-state index contributed by atoms with van der Waals surface area (Å²) >= 11 is 0. The second-order valence-corrected chi connectivity index (χ2v) is 5.28. The Labute approximate surface area is 110 Å². The van der Waals surface area contributed by atoms with E-state index in [1.165, 1.54) is 6.07 Å². The molecular formula is C13H13N3O3. The second-order valence-electron chi connectivity index (χ2n) is 5.28. The molecule has 1 heterocycles. The van der Waals surface area contributed by atoms with Gasteiger partial charge in [0.05, 0.1) is 4.92 Å². The van der Waals surface area contributed by atoms with Gasteiger partial charge >= 0.3 is 5.69 Å². The Bertz CT molecular complexity index is 583. The fraction of sp³-hybridized carbons (Fsp3) is 0.462. The number of nitro benzene ring substituents is 1. The van der Waals surface area contributed by atoms with Gasteiger partial charge in [0.15, 0.2) is 0 Å². The molecule has 1 saturated carbocycles. The Morgan fingerprint density at radius 1 is 1.47 bits per heavy atom. The third-order valence-electron chi connectivity index (χ3n) is 3.93. The zero-order valence-corrected chi connectivity index (χ0v) is 10.2. The van der Waals surface area contributed by atoms with Gasteiger partial charge in [-0.15, -0.1) is 0 Å². The molecule has 1 N–H and O–H groups in total. The van der Waals surface area contributed by atoms with Gasteiger partial charge in [-0.2, -0.15) is 5.26 Å². The molecule has 1 saturated heterocycles. The zero-order chi connectivity index (χ0) is 13.6. The van der Waals surface area contributed by atoms with Crippen molar-refractivity contribution in [3.8, 4) is 6.07 Å². The Kier molecular flexibility index (Phi) is 2.47. The number of hydrogen-bond acceptors (Lipinski definition) is 5. The van der Waals surface area contributed by atoms with Crippen molar-refractivity contribution in [2.24, 2.45) is 5.92 Å². The summed E-state index contributed by atoms with van der Waals surface area (Å²) in [4.78, 5) is 12.4. The van der Waals surface area contributed by atoms with E-state index in [9.17, 15) is 15.2 Å². The van der Waals surface area contributed by atoms with Gasteiger partial charge in [0.25, 0.3) is 0 Å². The molecule has 1 aliphatic heterocycles. The number of nitrogens with zero attached hydrogens (tertiary/aromatic N) is 3. The van der Waals surface area contributed by atoms with E-state index in [1.54, 1.807) is 17.0 Å². The molecule has 0 spiro atoms. The number of nitro groups is 1. The van der Waals surface area contributed by atoms with Crippen LogP contribution in [0.2, 0.25) is 0 Å². The van der Waals surface area contributed by atoms with Gasteiger partial charge in [-0.05, 0) is 30.9 Å². The largest absolute Gasteiger partial charge is 0.386 e. The van der Waals surface area contributed by atoms with Crippen molar-refractivity contribution >= 4 is 11.4 Å². The Balaban J connectivity index is 1.90. The Hall–Kier alpha value is -2.13. The van der Waals surface area contributed by atoms with Crippen molar-refractivity contribution in [1.82, 2.24) is 0 Å². The van der Waals surface area contributed by atoms with Crippen molar-refractivity contribution in [3.63, 3.8) is 0 Å². The molecule has 0 aromatic heterocycles. The molecule has 1 aromatic carbocycles. The van der Waals surface area contributed by atoms with E-state index in [2.05, 4.69) is 0 Å². The topological polar surface area (TPSA) is 90.4 Å². The molecule has 0 amide bonds. The summed E-state index contributed by atoms with van der Waals surface area (Å²) in [5, 5.41) is 30.3. The van der Waals surface area contributed by atoms with Crippen molar-refractivity contribution in [2.75, 3.05) is 18.0 Å². The quantitative estimate of drug-likeness (QED) is 0.655. The first-order valence-electron chi connectivity index (χ1n) is 6.20. The van der Waals surface area contributed by atoms with E-state index in [0.717, 1.165) is 12.8 Å². The fourth-order valence-electron chi connectivity index (χ4n) is 2.73. The summed E-state index contributed by atoms with van der Waals surface area (Å²) in [5.41, 5.74) is -0.377. The summed E-state index contributed by atoms with van der Waals surface area (Å²) in [6.45, 7) is 0.820. The average molecular weight is 259 g/mol. The number of nitriles is 1. The van der Waals surface area contributed by atoms with E-state index in [0.29, 0.717) is 24.7 Å². The third-order valence-corrected chi connectivity index (χ3v) is 3.93. The zero-order valence-electron chi connectivity index (χ0n) is 10.2. The highest BCUT2D eigenvalue weighted by molar-refractivity contribution is 5.71. The second kappa shape index (κ2) is 3.93. The van der Waals surface area contributed by atoms with Gasteiger partial charge in [0.1, 0.15) is 22.9 Å². The summed E-state index contributed by atoms with van der Waals surface area (Å²) in [5.74, 6) is 0.335. The lowest BCUT2D eigenvalue weighted by atomic mass is 9.88. The van der Waals surface area contributed by atoms with Gasteiger partial charge in [-0.3, -0.25) is 10.1 Å². The molecule has 2 aliphatic rings. The van der Waals surface area contributed by atoms with E-state index in [1.807, 2.05) is 6.07 Å². The van der Waals surface area contributed by atoms with Crippen LogP contribution in [-0.2, 0) is 0 Å². The number of aliphatic hydroxyl groups is 1. The minimum atomic E-state index is -0.698. The molecule has 3 rings (SSSR count). The molecule has 1 aliphatic carbocycles. The van der Waals surface area contributed by atoms with E-state index >= 15 is 0 Å². The van der Waals surface area contributed by atoms with Crippen LogP contribution >= 0.6 is 0 Å². The minimum Gasteiger partial charge on any atom is -0.386 e. The van der Waals surface area contributed by atoms with Gasteiger partial charge in [-0.1, -0.05) is 6.07 Å². The van der Waals surface area contributed by atoms with E-state index in [4.69, 9.17) is 5.26 Å². The first-order valence-corrected chi connectivity index (χ1v) is 6.20. The maximum absolute atomic E-state index is 11.1. The molecule has 98 valence electrons. The monoisotopic (exact) mass is 259 g/mol. The average Bonchev–Trinajstić information content (AvgIpc) is 3.18. The smallest absolute Gasteiger partial charge is 0.310 e. The number of β-amino-alcohol motifs (C(OH)–C–C–N with tert-alkyl or cyclic N) is 1. The Morgan fingerprint density at radius 3 is 2.68 bits per heavy atom. The number of anilines is 1. The number of benzene rings is 1. The maximum atomic E-state index is 11.1. The summed E-state index contributed by atoms with van der Waals surface area (Å²) in [6.07, 6.45) is 2.06. The van der Waals surface area contributed by atoms with E-state index in [-0.39, 0.29) is 11.3 Å². The van der Waals surface area contributed by atoms with Crippen LogP contribution in [0.5, 0.6) is 0 Å². The molecule has 0 radical (unpaired) electrons. The SMILES string of the molecule is N#Cc1cccc(N2CC(O)(C3CC3)C2)c1[N+](=O)[O-]. The number of rotatable bonds is 3. The van der Waals surface area contributed by atoms with Crippen molar-refractivity contribution in [2.45, 2.75) is 18.4 Å². The lowest BCUT2D eigenvalue weighted by Gasteiger charge is -2.48. The number of para-hydroxylation sites is 1. The fourth-order valence-corrected chi connectivity index (χ4v) is 2.73. The van der Waals surface area contributed by atoms with E-state index < -0.39 is 10.5 Å². The van der Waals surface area contributed by atoms with Crippen LogP contribution < -0.4 is 4.90 Å². The first-order chi connectivity index (χ1) is 9.05. The van der Waals surface area contributed by atoms with Crippen LogP contribution in [0.1, 0.15) is 18.4 Å². The summed E-state index contributed by atoms with van der Waals surface area (Å²) < 4.78 is 0. The van der Waals surface area contributed by atoms with Crippen LogP contribution in [-0.4, -0.2) is 28.7 Å². The van der Waals surface area contributed by atoms with Crippen LogP contribution in [0, 0.1) is 27.4 Å². The predicted molar refractivity (Wildman–Crippen MR) is 67.7 cm³/mol. The maximum Gasteiger partial charge on any atom is 0.310 e. The summed E-state index contributed by atoms with van der Waals surface area (Å²) in [7, 11) is 0. The van der Waals surface area contributed by atoms with Crippen LogP contribution in [0.25, 0.3) is 0 Å². The van der Waals surface area contributed by atoms with Crippen LogP contribution in [0.4, 0.5) is 11.4 Å². The lowest BCUT2D eigenvalue weighted by Crippen LogP contribution is -2.63. The highest BCUT2D eigenvalue weighted by atomic mass is 16.6. The summed E-state index contributed by atoms with van der Waals surface area (Å²) in [6, 6.07) is 6.55. The molecule has 0 unspecified atom stereocenters. The molecule has 2 fully saturated rings. The standard InChI is InChI=1S/C13H13N3O3/c14-6-9-2-1-3-11(12(9)16(18)19)15-7-13(17,8-15)10-4-5-10/h1-3,10,17H,4-5,7-8H2. The van der Waals surface area contributed by atoms with Crippen LogP contribution in [0.15, 0.2) is 18.2 Å². The molecule has 0 atom stereocenters.